The van der Waals surface area contributed by atoms with Gasteiger partial charge in [-0.05, 0) is 63.2 Å². The number of nitrogen functional groups attached to an aromatic ring is 1. The highest BCUT2D eigenvalue weighted by molar-refractivity contribution is 6.34. The number of anilines is 2. The van der Waals surface area contributed by atoms with Crippen molar-refractivity contribution in [3.05, 3.63) is 56.7 Å². The van der Waals surface area contributed by atoms with Gasteiger partial charge in [0.05, 0.1) is 54.0 Å². The molecule has 0 bridgehead atoms. The van der Waals surface area contributed by atoms with Crippen molar-refractivity contribution in [2.45, 2.75) is 88.8 Å². The number of amides is 1. The van der Waals surface area contributed by atoms with Gasteiger partial charge in [0.1, 0.15) is 12.0 Å². The third-order valence-corrected chi connectivity index (χ3v) is 12.0. The molecule has 1 aromatic carbocycles. The van der Waals surface area contributed by atoms with Crippen molar-refractivity contribution < 1.29 is 36.2 Å². The van der Waals surface area contributed by atoms with E-state index in [-0.39, 0.29) is 42.2 Å². The Balaban J connectivity index is 0.000000399. The first-order chi connectivity index (χ1) is 25.9. The number of nitrogens with two attached hydrogens (primary N) is 1. The molecule has 8 heterocycles. The average Bonchev–Trinajstić information content (AvgIpc) is 3.95. The molecule has 5 unspecified atom stereocenters. The number of fused-ring (bicyclic) bond motifs is 4. The van der Waals surface area contributed by atoms with Crippen LogP contribution in [-0.2, 0) is 37.0 Å². The molecular weight excluding hydrogens is 737 g/mol. The van der Waals surface area contributed by atoms with E-state index in [2.05, 4.69) is 25.3 Å². The highest BCUT2D eigenvalue weighted by atomic mass is 35.5. The summed E-state index contributed by atoms with van der Waals surface area (Å²) < 4.78 is 82.3. The number of hydrogen-bond acceptors (Lipinski definition) is 10. The average molecular weight is 780 g/mol. The zero-order valence-corrected chi connectivity index (χ0v) is 30.6. The molecule has 6 aliphatic heterocycles. The number of methoxy groups -OCH3 is 1. The lowest BCUT2D eigenvalue weighted by Crippen LogP contribution is -2.34. The minimum Gasteiger partial charge on any atom is -0.467 e. The Kier molecular flexibility index (Phi) is 10.1. The van der Waals surface area contributed by atoms with Gasteiger partial charge >= 0.3 is 12.2 Å². The Hall–Kier alpha value is -3.80. The first kappa shape index (κ1) is 37.1. The summed E-state index contributed by atoms with van der Waals surface area (Å²) in [6, 6.07) is 2.55. The SMILES string of the molecule is COc1nc2c(c(N3CCCn4nc(C(=O)N5CC6CCNC6C5)c(Cl)c4C3)n1)COC(c1c(C(F)(F)F)ccc(N)c1F)C2.FC1CC2CCCN2C1. The van der Waals surface area contributed by atoms with E-state index in [0.29, 0.717) is 79.9 Å². The van der Waals surface area contributed by atoms with Crippen LogP contribution in [0.5, 0.6) is 6.01 Å². The maximum Gasteiger partial charge on any atom is 0.416 e. The molecule has 4 saturated heterocycles. The van der Waals surface area contributed by atoms with Crippen LogP contribution in [0.3, 0.4) is 0 Å². The number of likely N-dealkylation sites (tertiary alicyclic amines) is 1. The lowest BCUT2D eigenvalue weighted by Gasteiger charge is -2.31. The summed E-state index contributed by atoms with van der Waals surface area (Å²) in [5.74, 6) is -0.485. The highest BCUT2D eigenvalue weighted by Gasteiger charge is 2.42. The van der Waals surface area contributed by atoms with Crippen molar-refractivity contribution in [1.29, 1.82) is 0 Å². The summed E-state index contributed by atoms with van der Waals surface area (Å²) in [7, 11) is 1.38. The Bertz CT molecular complexity index is 1890. The van der Waals surface area contributed by atoms with Crippen molar-refractivity contribution in [3.8, 4) is 6.01 Å². The van der Waals surface area contributed by atoms with Crippen LogP contribution in [0.2, 0.25) is 5.02 Å². The summed E-state index contributed by atoms with van der Waals surface area (Å²) in [6.45, 7) is 5.22. The van der Waals surface area contributed by atoms with Crippen molar-refractivity contribution in [1.82, 2.24) is 34.9 Å². The van der Waals surface area contributed by atoms with Gasteiger partial charge in [-0.1, -0.05) is 11.6 Å². The fourth-order valence-corrected chi connectivity index (χ4v) is 9.21. The highest BCUT2D eigenvalue weighted by Crippen LogP contribution is 2.43. The number of ether oxygens (including phenoxy) is 2. The molecule has 0 spiro atoms. The third kappa shape index (κ3) is 6.96. The standard InChI is InChI=1S/C29H31ClF4N8O3.C7H12FN/c1-44-28-37-18-9-21(22-16(29(32,33)34)3-4-17(35)24(22)31)45-13-15(18)26(38-28)40-7-2-8-42-20(12-40)23(30)25(39-42)27(43)41-10-14-5-6-36-19(14)11-41;8-6-4-7-2-1-3-9(7)5-6/h3-4,14,19,21,36H,2,5-13,35H2,1H3;6-7H,1-5H2. The normalized spacial score (nSPS) is 26.5. The molecule has 18 heteroatoms. The molecule has 54 heavy (non-hydrogen) atoms. The van der Waals surface area contributed by atoms with E-state index >= 15 is 4.39 Å². The van der Waals surface area contributed by atoms with E-state index in [0.717, 1.165) is 38.1 Å². The van der Waals surface area contributed by atoms with E-state index in [1.165, 1.54) is 20.0 Å². The fraction of sp³-hybridized carbons (Fsp3) is 0.611. The molecule has 4 fully saturated rings. The molecule has 1 amide bonds. The number of halogens is 6. The van der Waals surface area contributed by atoms with E-state index in [1.807, 2.05) is 4.90 Å². The molecule has 3 N–H and O–H groups in total. The minimum absolute atomic E-state index is 0.00130. The summed E-state index contributed by atoms with van der Waals surface area (Å²) in [5, 5.41) is 8.33. The quantitative estimate of drug-likeness (QED) is 0.278. The maximum atomic E-state index is 15.1. The van der Waals surface area contributed by atoms with Crippen LogP contribution >= 0.6 is 11.6 Å². The van der Waals surface area contributed by atoms with Crippen molar-refractivity contribution in [3.63, 3.8) is 0 Å². The summed E-state index contributed by atoms with van der Waals surface area (Å²) in [6.07, 6.45) is -1.79. The van der Waals surface area contributed by atoms with Crippen LogP contribution in [-0.4, -0.2) is 100 Å². The molecule has 6 aliphatic rings. The van der Waals surface area contributed by atoms with E-state index in [1.54, 1.807) is 9.58 Å². The zero-order valence-electron chi connectivity index (χ0n) is 29.8. The topological polar surface area (TPSA) is 127 Å². The zero-order chi connectivity index (χ0) is 37.9. The van der Waals surface area contributed by atoms with Crippen molar-refractivity contribution in [2.75, 3.05) is 57.0 Å². The Morgan fingerprint density at radius 2 is 1.94 bits per heavy atom. The maximum absolute atomic E-state index is 15.1. The molecular formula is C36H43ClF5N9O3. The minimum atomic E-state index is -4.82. The van der Waals surface area contributed by atoms with Gasteiger partial charge in [-0.15, -0.1) is 0 Å². The first-order valence-electron chi connectivity index (χ1n) is 18.5. The van der Waals surface area contributed by atoms with Crippen LogP contribution < -0.4 is 20.7 Å². The van der Waals surface area contributed by atoms with Gasteiger partial charge in [0, 0.05) is 62.4 Å². The van der Waals surface area contributed by atoms with Gasteiger partial charge in [-0.2, -0.15) is 28.2 Å². The second-order valence-electron chi connectivity index (χ2n) is 14.9. The first-order valence-corrected chi connectivity index (χ1v) is 18.9. The number of carbonyl (C=O) groups is 1. The summed E-state index contributed by atoms with van der Waals surface area (Å²) >= 11 is 6.84. The Morgan fingerprint density at radius 1 is 1.11 bits per heavy atom. The van der Waals surface area contributed by atoms with Crippen LogP contribution in [0.15, 0.2) is 12.1 Å². The van der Waals surface area contributed by atoms with Gasteiger partial charge in [0.25, 0.3) is 5.91 Å². The molecule has 9 rings (SSSR count). The van der Waals surface area contributed by atoms with Gasteiger partial charge in [-0.3, -0.25) is 14.4 Å². The number of rotatable bonds is 4. The Morgan fingerprint density at radius 3 is 2.70 bits per heavy atom. The van der Waals surface area contributed by atoms with E-state index < -0.39 is 41.1 Å². The van der Waals surface area contributed by atoms with Gasteiger partial charge < -0.3 is 30.3 Å². The van der Waals surface area contributed by atoms with Gasteiger partial charge in [0.2, 0.25) is 0 Å². The van der Waals surface area contributed by atoms with Gasteiger partial charge in [-0.25, -0.2) is 8.78 Å². The number of nitrogens with zero attached hydrogens (tertiary/aromatic N) is 7. The second kappa shape index (κ2) is 14.7. The smallest absolute Gasteiger partial charge is 0.416 e. The number of aromatic nitrogens is 4. The lowest BCUT2D eigenvalue weighted by molar-refractivity contribution is -0.140. The number of aryl methyl sites for hydroxylation is 1. The second-order valence-corrected chi connectivity index (χ2v) is 15.3. The van der Waals surface area contributed by atoms with Crippen molar-refractivity contribution >= 4 is 29.0 Å². The van der Waals surface area contributed by atoms with Crippen LogP contribution in [0.4, 0.5) is 33.5 Å². The lowest BCUT2D eigenvalue weighted by atomic mass is 9.94. The number of nitrogens with one attached hydrogen (secondary N) is 1. The molecule has 3 aromatic rings. The summed E-state index contributed by atoms with van der Waals surface area (Å²) in [5.41, 5.74) is 5.20. The Labute approximate surface area is 314 Å². The van der Waals surface area contributed by atoms with Crippen LogP contribution in [0.1, 0.15) is 76.8 Å². The molecule has 292 valence electrons. The molecule has 0 aliphatic carbocycles. The monoisotopic (exact) mass is 779 g/mol. The number of hydrogen-bond donors (Lipinski definition) is 2. The largest absolute Gasteiger partial charge is 0.467 e. The molecule has 5 atom stereocenters. The summed E-state index contributed by atoms with van der Waals surface area (Å²) in [4.78, 5) is 28.5. The van der Waals surface area contributed by atoms with E-state index in [4.69, 9.17) is 26.8 Å². The number of alkyl halides is 4. The van der Waals surface area contributed by atoms with Crippen molar-refractivity contribution in [2.24, 2.45) is 5.92 Å². The third-order valence-electron chi connectivity index (χ3n) is 11.6. The predicted octanol–water partition coefficient (Wildman–Crippen LogP) is 4.93. The van der Waals surface area contributed by atoms with E-state index in [9.17, 15) is 22.4 Å². The number of benzene rings is 1. The molecule has 0 saturated carbocycles. The van der Waals surface area contributed by atoms with Crippen LogP contribution in [0.25, 0.3) is 0 Å². The predicted molar refractivity (Wildman–Crippen MR) is 188 cm³/mol. The van der Waals surface area contributed by atoms with Gasteiger partial charge in [0.15, 0.2) is 11.5 Å². The van der Waals surface area contributed by atoms with Crippen LogP contribution in [0, 0.1) is 11.7 Å². The molecule has 12 nitrogen and oxygen atoms in total. The fourth-order valence-electron chi connectivity index (χ4n) is 8.93. The molecule has 2 aromatic heterocycles. The number of carbonyl (C=O) groups excluding carboxylic acids is 1. The molecule has 0 radical (unpaired) electrons.